The van der Waals surface area contributed by atoms with Crippen molar-refractivity contribution in [2.45, 2.75) is 46.1 Å². The highest BCUT2D eigenvalue weighted by atomic mass is 32.1. The third kappa shape index (κ3) is 3.42. The molecule has 0 aromatic carbocycles. The smallest absolute Gasteiger partial charge is 0.326 e. The summed E-state index contributed by atoms with van der Waals surface area (Å²) in [4.78, 5) is 41.6. The fourth-order valence-corrected chi connectivity index (χ4v) is 3.16. The second-order valence-electron chi connectivity index (χ2n) is 5.35. The quantitative estimate of drug-likeness (QED) is 0.836. The van der Waals surface area contributed by atoms with Crippen molar-refractivity contribution in [2.75, 3.05) is 0 Å². The zero-order valence-electron chi connectivity index (χ0n) is 13.3. The van der Waals surface area contributed by atoms with Gasteiger partial charge in [-0.2, -0.15) is 0 Å². The van der Waals surface area contributed by atoms with Crippen LogP contribution < -0.4 is 10.9 Å². The summed E-state index contributed by atoms with van der Waals surface area (Å²) in [5, 5.41) is 11.6. The van der Waals surface area contributed by atoms with E-state index < -0.39 is 23.5 Å². The zero-order chi connectivity index (χ0) is 17.1. The molecule has 2 N–H and O–H groups in total. The second kappa shape index (κ2) is 6.91. The second-order valence-corrected chi connectivity index (χ2v) is 6.53. The van der Waals surface area contributed by atoms with Crippen LogP contribution in [0.25, 0.3) is 4.96 Å². The number of nitrogens with zero attached hydrogens (tertiary/aromatic N) is 2. The number of unbranched alkanes of at least 4 members (excludes halogenated alkanes) is 1. The van der Waals surface area contributed by atoms with Gasteiger partial charge >= 0.3 is 5.97 Å². The lowest BCUT2D eigenvalue weighted by atomic mass is 10.1. The predicted octanol–water partition coefficient (Wildman–Crippen LogP) is 1.75. The van der Waals surface area contributed by atoms with Crippen LogP contribution in [0.15, 0.2) is 11.0 Å². The number of aliphatic carboxylic acids is 1. The Kier molecular flexibility index (Phi) is 5.15. The van der Waals surface area contributed by atoms with Gasteiger partial charge in [0.05, 0.1) is 0 Å². The summed E-state index contributed by atoms with van der Waals surface area (Å²) < 4.78 is 1.39. The van der Waals surface area contributed by atoms with Crippen molar-refractivity contribution >= 4 is 28.2 Å². The SMILES string of the molecule is CCCC[C@H](NC(=O)c1cnc2sc(C)c(C)n2c1=O)C(=O)O. The molecule has 0 bridgehead atoms. The summed E-state index contributed by atoms with van der Waals surface area (Å²) in [7, 11) is 0. The molecule has 0 fully saturated rings. The van der Waals surface area contributed by atoms with Gasteiger partial charge in [-0.05, 0) is 20.3 Å². The maximum absolute atomic E-state index is 12.5. The average Bonchev–Trinajstić information content (AvgIpc) is 2.79. The Bertz CT molecular complexity index is 809. The van der Waals surface area contributed by atoms with E-state index in [2.05, 4.69) is 10.3 Å². The van der Waals surface area contributed by atoms with Gasteiger partial charge in [-0.15, -0.1) is 11.3 Å². The number of fused-ring (bicyclic) bond motifs is 1. The van der Waals surface area contributed by atoms with E-state index in [-0.39, 0.29) is 5.56 Å². The summed E-state index contributed by atoms with van der Waals surface area (Å²) in [6.45, 7) is 5.59. The lowest BCUT2D eigenvalue weighted by Crippen LogP contribution is -2.43. The minimum absolute atomic E-state index is 0.147. The largest absolute Gasteiger partial charge is 0.480 e. The van der Waals surface area contributed by atoms with E-state index in [0.717, 1.165) is 17.0 Å². The average molecular weight is 337 g/mol. The molecule has 7 nitrogen and oxygen atoms in total. The standard InChI is InChI=1S/C15H19N3O4S/c1-4-5-6-11(14(21)22)17-12(19)10-7-16-15-18(13(10)20)8(2)9(3)23-15/h7,11H,4-6H2,1-3H3,(H,17,19)(H,21,22)/t11-/m0/s1. The van der Waals surface area contributed by atoms with Crippen LogP contribution in [-0.2, 0) is 4.79 Å². The number of hydrogen-bond acceptors (Lipinski definition) is 5. The molecule has 2 heterocycles. The summed E-state index contributed by atoms with van der Waals surface area (Å²) in [5.41, 5.74) is 0.109. The number of aromatic nitrogens is 2. The van der Waals surface area contributed by atoms with E-state index in [0.29, 0.717) is 17.8 Å². The molecular weight excluding hydrogens is 318 g/mol. The molecule has 0 saturated carbocycles. The number of carbonyl (C=O) groups excluding carboxylic acids is 1. The molecular formula is C15H19N3O4S. The third-order valence-corrected chi connectivity index (χ3v) is 4.78. The minimum atomic E-state index is -1.11. The molecule has 2 aromatic heterocycles. The van der Waals surface area contributed by atoms with Crippen LogP contribution in [0.1, 0.15) is 47.1 Å². The molecule has 0 aliphatic heterocycles. The molecule has 8 heteroatoms. The third-order valence-electron chi connectivity index (χ3n) is 3.71. The number of amides is 1. The molecule has 0 radical (unpaired) electrons. The predicted molar refractivity (Wildman–Crippen MR) is 87.2 cm³/mol. The van der Waals surface area contributed by atoms with Gasteiger partial charge in [0.25, 0.3) is 11.5 Å². The first kappa shape index (κ1) is 17.1. The molecule has 1 atom stereocenters. The van der Waals surface area contributed by atoms with E-state index in [1.807, 2.05) is 13.8 Å². The Morgan fingerprint density at radius 2 is 2.13 bits per heavy atom. The van der Waals surface area contributed by atoms with E-state index >= 15 is 0 Å². The lowest BCUT2D eigenvalue weighted by molar-refractivity contribution is -0.139. The van der Waals surface area contributed by atoms with Crippen molar-refractivity contribution in [3.63, 3.8) is 0 Å². The molecule has 0 saturated heterocycles. The first-order valence-electron chi connectivity index (χ1n) is 7.38. The minimum Gasteiger partial charge on any atom is -0.480 e. The van der Waals surface area contributed by atoms with Gasteiger partial charge in [-0.3, -0.25) is 14.0 Å². The van der Waals surface area contributed by atoms with Crippen LogP contribution in [0.4, 0.5) is 0 Å². The van der Waals surface area contributed by atoms with Crippen LogP contribution in [-0.4, -0.2) is 32.4 Å². The van der Waals surface area contributed by atoms with Gasteiger partial charge in [0.2, 0.25) is 0 Å². The number of carboxylic acids is 1. The van der Waals surface area contributed by atoms with Crippen LogP contribution in [0.2, 0.25) is 0 Å². The molecule has 124 valence electrons. The van der Waals surface area contributed by atoms with Gasteiger partial charge in [0.1, 0.15) is 11.6 Å². The van der Waals surface area contributed by atoms with Gasteiger partial charge in [-0.1, -0.05) is 19.8 Å². The van der Waals surface area contributed by atoms with E-state index in [1.165, 1.54) is 21.9 Å². The van der Waals surface area contributed by atoms with Crippen LogP contribution in [0.5, 0.6) is 0 Å². The number of thiazole rings is 1. The van der Waals surface area contributed by atoms with Crippen molar-refractivity contribution in [2.24, 2.45) is 0 Å². The van der Waals surface area contributed by atoms with Gasteiger partial charge in [0, 0.05) is 16.8 Å². The van der Waals surface area contributed by atoms with Gasteiger partial charge in [-0.25, -0.2) is 9.78 Å². The highest BCUT2D eigenvalue weighted by Gasteiger charge is 2.23. The Balaban J connectivity index is 2.34. The van der Waals surface area contributed by atoms with Crippen LogP contribution in [0.3, 0.4) is 0 Å². The van der Waals surface area contributed by atoms with E-state index in [4.69, 9.17) is 0 Å². The normalized spacial score (nSPS) is 12.3. The van der Waals surface area contributed by atoms with Crippen LogP contribution in [0, 0.1) is 13.8 Å². The van der Waals surface area contributed by atoms with Crippen molar-refractivity contribution in [3.05, 3.63) is 32.7 Å². The number of carbonyl (C=O) groups is 2. The van der Waals surface area contributed by atoms with Crippen molar-refractivity contribution in [1.29, 1.82) is 0 Å². The molecule has 2 aromatic rings. The molecule has 0 aliphatic rings. The molecule has 2 rings (SSSR count). The summed E-state index contributed by atoms with van der Waals surface area (Å²) >= 11 is 1.37. The number of carboxylic acid groups (broad SMARTS) is 1. The van der Waals surface area contributed by atoms with Crippen LogP contribution >= 0.6 is 11.3 Å². The maximum Gasteiger partial charge on any atom is 0.326 e. The monoisotopic (exact) mass is 337 g/mol. The first-order chi connectivity index (χ1) is 10.9. The van der Waals surface area contributed by atoms with Crippen molar-refractivity contribution < 1.29 is 14.7 Å². The van der Waals surface area contributed by atoms with Crippen molar-refractivity contribution in [1.82, 2.24) is 14.7 Å². The fraction of sp³-hybridized carbons (Fsp3) is 0.467. The number of hydrogen-bond donors (Lipinski definition) is 2. The molecule has 1 amide bonds. The number of rotatable bonds is 6. The lowest BCUT2D eigenvalue weighted by Gasteiger charge is -2.13. The maximum atomic E-state index is 12.5. The Morgan fingerprint density at radius 3 is 2.74 bits per heavy atom. The molecule has 23 heavy (non-hydrogen) atoms. The summed E-state index contributed by atoms with van der Waals surface area (Å²) in [6.07, 6.45) is 3.03. The van der Waals surface area contributed by atoms with Crippen molar-refractivity contribution in [3.8, 4) is 0 Å². The summed E-state index contributed by atoms with van der Waals surface area (Å²) in [6, 6.07) is -1.01. The highest BCUT2D eigenvalue weighted by Crippen LogP contribution is 2.18. The van der Waals surface area contributed by atoms with E-state index in [1.54, 1.807) is 6.92 Å². The van der Waals surface area contributed by atoms with Gasteiger partial charge < -0.3 is 10.4 Å². The Hall–Kier alpha value is -2.22. The molecule has 0 spiro atoms. The highest BCUT2D eigenvalue weighted by molar-refractivity contribution is 7.17. The first-order valence-corrected chi connectivity index (χ1v) is 8.19. The topological polar surface area (TPSA) is 101 Å². The molecule has 0 unspecified atom stereocenters. The Morgan fingerprint density at radius 1 is 1.43 bits per heavy atom. The fourth-order valence-electron chi connectivity index (χ4n) is 2.23. The Labute approximate surface area is 137 Å². The van der Waals surface area contributed by atoms with E-state index in [9.17, 15) is 19.5 Å². The van der Waals surface area contributed by atoms with Gasteiger partial charge in [0.15, 0.2) is 4.96 Å². The number of nitrogens with one attached hydrogen (secondary N) is 1. The number of aryl methyl sites for hydroxylation is 2. The zero-order valence-corrected chi connectivity index (χ0v) is 14.1. The molecule has 0 aliphatic carbocycles. The summed E-state index contributed by atoms with van der Waals surface area (Å²) in [5.74, 6) is -1.81.